The molecule has 0 radical (unpaired) electrons. The lowest BCUT2D eigenvalue weighted by molar-refractivity contribution is -0.132. The fourth-order valence-electron chi connectivity index (χ4n) is 3.64. The lowest BCUT2D eigenvalue weighted by atomic mass is 10.1. The molecule has 0 atom stereocenters. The fourth-order valence-corrected chi connectivity index (χ4v) is 4.51. The molecule has 3 heterocycles. The van der Waals surface area contributed by atoms with Crippen molar-refractivity contribution in [1.29, 1.82) is 0 Å². The van der Waals surface area contributed by atoms with Crippen LogP contribution in [0.2, 0.25) is 0 Å². The maximum Gasteiger partial charge on any atom is 0.228 e. The monoisotopic (exact) mass is 398 g/mol. The summed E-state index contributed by atoms with van der Waals surface area (Å²) < 4.78 is 2.05. The number of piperazine rings is 1. The number of thiazole rings is 1. The second-order valence-corrected chi connectivity index (χ2v) is 8.02. The number of fused-ring (bicyclic) bond motifs is 1. The molecule has 0 aliphatic carbocycles. The molecule has 1 fully saturated rings. The fraction of sp³-hybridized carbons (Fsp3) is 0.429. The normalized spacial score (nSPS) is 15.4. The van der Waals surface area contributed by atoms with Crippen LogP contribution in [-0.4, -0.2) is 69.5 Å². The highest BCUT2D eigenvalue weighted by Crippen LogP contribution is 2.24. The Labute approximate surface area is 169 Å². The van der Waals surface area contributed by atoms with E-state index in [9.17, 15) is 4.79 Å². The number of benzene rings is 1. The zero-order valence-corrected chi connectivity index (χ0v) is 17.0. The molecule has 28 heavy (non-hydrogen) atoms. The van der Waals surface area contributed by atoms with Gasteiger partial charge in [-0.3, -0.25) is 14.1 Å². The Bertz CT molecular complexity index is 939. The number of imidazole rings is 1. The molecule has 6 nitrogen and oxygen atoms in total. The highest BCUT2D eigenvalue weighted by Gasteiger charge is 2.22. The first-order chi connectivity index (χ1) is 13.7. The molecule has 1 aromatic carbocycles. The van der Waals surface area contributed by atoms with Crippen molar-refractivity contribution in [1.82, 2.24) is 19.2 Å². The van der Waals surface area contributed by atoms with Gasteiger partial charge in [-0.1, -0.05) is 31.2 Å². The topological polar surface area (TPSA) is 61.1 Å². The molecule has 1 aliphatic heterocycles. The number of hydrogen-bond acceptors (Lipinski definition) is 5. The predicted molar refractivity (Wildman–Crippen MR) is 112 cm³/mol. The van der Waals surface area contributed by atoms with Crippen LogP contribution in [0.25, 0.3) is 16.2 Å². The molecule has 3 aromatic rings. The number of aliphatic hydroxyl groups excluding tert-OH is 1. The van der Waals surface area contributed by atoms with Crippen LogP contribution in [0.15, 0.2) is 35.8 Å². The van der Waals surface area contributed by atoms with E-state index in [0.717, 1.165) is 54.5 Å². The molecule has 148 valence electrons. The third-order valence-corrected chi connectivity index (χ3v) is 6.30. The van der Waals surface area contributed by atoms with Crippen molar-refractivity contribution < 1.29 is 9.90 Å². The zero-order chi connectivity index (χ0) is 19.5. The summed E-state index contributed by atoms with van der Waals surface area (Å²) in [5, 5.41) is 11.1. The molecule has 1 N–H and O–H groups in total. The third kappa shape index (κ3) is 3.97. The SMILES string of the molecule is CCc1ccc(-c2cn3c(CC(=O)N4CCN(CCO)CC4)csc3n2)cc1. The molecular weight excluding hydrogens is 372 g/mol. The van der Waals surface area contributed by atoms with Gasteiger partial charge in [0.25, 0.3) is 0 Å². The summed E-state index contributed by atoms with van der Waals surface area (Å²) in [6.45, 7) is 6.12. The second kappa shape index (κ2) is 8.43. The number of aliphatic hydroxyl groups is 1. The van der Waals surface area contributed by atoms with E-state index in [4.69, 9.17) is 10.1 Å². The minimum Gasteiger partial charge on any atom is -0.395 e. The molecular formula is C21H26N4O2S. The van der Waals surface area contributed by atoms with Gasteiger partial charge in [-0.15, -0.1) is 11.3 Å². The summed E-state index contributed by atoms with van der Waals surface area (Å²) in [6, 6.07) is 8.51. The van der Waals surface area contributed by atoms with Gasteiger partial charge in [0.05, 0.1) is 18.7 Å². The van der Waals surface area contributed by atoms with Gasteiger partial charge in [-0.2, -0.15) is 0 Å². The van der Waals surface area contributed by atoms with Gasteiger partial charge in [-0.05, 0) is 12.0 Å². The predicted octanol–water partition coefficient (Wildman–Crippen LogP) is 2.30. The Hall–Kier alpha value is -2.22. The van der Waals surface area contributed by atoms with Crippen LogP contribution in [0.1, 0.15) is 18.2 Å². The molecule has 4 rings (SSSR count). The molecule has 2 aromatic heterocycles. The van der Waals surface area contributed by atoms with Gasteiger partial charge in [0, 0.05) is 55.6 Å². The van der Waals surface area contributed by atoms with Crippen LogP contribution in [0.4, 0.5) is 0 Å². The van der Waals surface area contributed by atoms with Gasteiger partial charge < -0.3 is 10.0 Å². The minimum absolute atomic E-state index is 0.158. The average molecular weight is 399 g/mol. The molecule has 0 saturated carbocycles. The Balaban J connectivity index is 1.46. The van der Waals surface area contributed by atoms with Crippen molar-refractivity contribution in [3.63, 3.8) is 0 Å². The number of amides is 1. The van der Waals surface area contributed by atoms with Gasteiger partial charge in [0.15, 0.2) is 4.96 Å². The summed E-state index contributed by atoms with van der Waals surface area (Å²) in [4.78, 5) is 22.5. The van der Waals surface area contributed by atoms with Crippen LogP contribution < -0.4 is 0 Å². The van der Waals surface area contributed by atoms with Crippen molar-refractivity contribution in [3.8, 4) is 11.3 Å². The van der Waals surface area contributed by atoms with Crippen LogP contribution in [-0.2, 0) is 17.6 Å². The summed E-state index contributed by atoms with van der Waals surface area (Å²) >= 11 is 1.58. The number of aromatic nitrogens is 2. The van der Waals surface area contributed by atoms with E-state index in [1.807, 2.05) is 20.9 Å². The molecule has 1 amide bonds. The van der Waals surface area contributed by atoms with Crippen LogP contribution in [0, 0.1) is 0 Å². The second-order valence-electron chi connectivity index (χ2n) is 7.18. The molecule has 0 unspecified atom stereocenters. The highest BCUT2D eigenvalue weighted by molar-refractivity contribution is 7.15. The van der Waals surface area contributed by atoms with Crippen molar-refractivity contribution in [3.05, 3.63) is 47.1 Å². The van der Waals surface area contributed by atoms with Gasteiger partial charge >= 0.3 is 0 Å². The van der Waals surface area contributed by atoms with E-state index in [0.29, 0.717) is 13.0 Å². The van der Waals surface area contributed by atoms with E-state index < -0.39 is 0 Å². The number of nitrogens with zero attached hydrogens (tertiary/aromatic N) is 4. The Morgan fingerprint density at radius 3 is 2.61 bits per heavy atom. The lowest BCUT2D eigenvalue weighted by Gasteiger charge is -2.34. The van der Waals surface area contributed by atoms with E-state index in [-0.39, 0.29) is 12.5 Å². The number of carbonyl (C=O) groups excluding carboxylic acids is 1. The minimum atomic E-state index is 0.158. The summed E-state index contributed by atoms with van der Waals surface area (Å²) in [5.74, 6) is 0.158. The van der Waals surface area contributed by atoms with E-state index in [2.05, 4.69) is 36.1 Å². The molecule has 1 saturated heterocycles. The number of carbonyl (C=O) groups is 1. The maximum absolute atomic E-state index is 12.7. The zero-order valence-electron chi connectivity index (χ0n) is 16.2. The highest BCUT2D eigenvalue weighted by atomic mass is 32.1. The van der Waals surface area contributed by atoms with Gasteiger partial charge in [0.2, 0.25) is 5.91 Å². The van der Waals surface area contributed by atoms with Crippen molar-refractivity contribution in [2.45, 2.75) is 19.8 Å². The van der Waals surface area contributed by atoms with Crippen molar-refractivity contribution >= 4 is 22.2 Å². The quantitative estimate of drug-likeness (QED) is 0.692. The maximum atomic E-state index is 12.7. The first kappa shape index (κ1) is 19.1. The number of β-amino-alcohol motifs (C(OH)–C–C–N with tert-alkyl or cyclic N) is 1. The lowest BCUT2D eigenvalue weighted by Crippen LogP contribution is -2.49. The standard InChI is InChI=1S/C21H26N4O2S/c1-2-16-3-5-17(6-4-16)19-14-25-18(15-28-21(25)22-19)13-20(27)24-9-7-23(8-10-24)11-12-26/h3-6,14-15,26H,2,7-13H2,1H3. The summed E-state index contributed by atoms with van der Waals surface area (Å²) in [5.41, 5.74) is 4.35. The number of rotatable bonds is 6. The van der Waals surface area contributed by atoms with E-state index >= 15 is 0 Å². The molecule has 1 aliphatic rings. The summed E-state index contributed by atoms with van der Waals surface area (Å²) in [6.07, 6.45) is 3.46. The van der Waals surface area contributed by atoms with Crippen molar-refractivity contribution in [2.75, 3.05) is 39.3 Å². The van der Waals surface area contributed by atoms with E-state index in [1.54, 1.807) is 11.3 Å². The average Bonchev–Trinajstić information content (AvgIpc) is 3.31. The number of aryl methyl sites for hydroxylation is 1. The third-order valence-electron chi connectivity index (χ3n) is 5.41. The first-order valence-corrected chi connectivity index (χ1v) is 10.7. The largest absolute Gasteiger partial charge is 0.395 e. The van der Waals surface area contributed by atoms with Gasteiger partial charge in [-0.25, -0.2) is 4.98 Å². The first-order valence-electron chi connectivity index (χ1n) is 9.83. The number of hydrogen-bond donors (Lipinski definition) is 1. The Kier molecular flexibility index (Phi) is 5.75. The molecule has 7 heteroatoms. The molecule has 0 bridgehead atoms. The van der Waals surface area contributed by atoms with Crippen LogP contribution in [0.5, 0.6) is 0 Å². The summed E-state index contributed by atoms with van der Waals surface area (Å²) in [7, 11) is 0. The molecule has 0 spiro atoms. The van der Waals surface area contributed by atoms with Crippen molar-refractivity contribution in [2.24, 2.45) is 0 Å². The smallest absolute Gasteiger partial charge is 0.228 e. The Morgan fingerprint density at radius 2 is 1.93 bits per heavy atom. The van der Waals surface area contributed by atoms with Gasteiger partial charge in [0.1, 0.15) is 0 Å². The van der Waals surface area contributed by atoms with E-state index in [1.165, 1.54) is 5.56 Å². The van der Waals surface area contributed by atoms with Crippen LogP contribution >= 0.6 is 11.3 Å². The Morgan fingerprint density at radius 1 is 1.18 bits per heavy atom. The van der Waals surface area contributed by atoms with Crippen LogP contribution in [0.3, 0.4) is 0 Å².